The van der Waals surface area contributed by atoms with E-state index in [1.165, 1.54) is 18.5 Å². The molecule has 0 saturated carbocycles. The molecule has 0 saturated heterocycles. The Balaban J connectivity index is 2.34. The van der Waals surface area contributed by atoms with Gasteiger partial charge < -0.3 is 9.30 Å². The van der Waals surface area contributed by atoms with Gasteiger partial charge in [-0.15, -0.1) is 0 Å². The summed E-state index contributed by atoms with van der Waals surface area (Å²) in [4.78, 5) is 20.0. The highest BCUT2D eigenvalue weighted by molar-refractivity contribution is 5.88. The molecule has 2 aromatic heterocycles. The summed E-state index contributed by atoms with van der Waals surface area (Å²) in [7, 11) is 1.67. The number of esters is 1. The first-order chi connectivity index (χ1) is 10.2. The second-order valence-corrected chi connectivity index (χ2v) is 5.87. The molecule has 0 fully saturated rings. The number of hydrogen-bond acceptors (Lipinski definition) is 4. The van der Waals surface area contributed by atoms with E-state index in [2.05, 4.69) is 9.97 Å². The van der Waals surface area contributed by atoms with Crippen molar-refractivity contribution in [1.29, 1.82) is 0 Å². The Hall–Kier alpha value is -2.31. The highest BCUT2D eigenvalue weighted by Gasteiger charge is 2.21. The molecule has 2 rings (SSSR count). The molecule has 0 N–H and O–H groups in total. The molecular formula is C15H17F2N3O2. The molecule has 5 nitrogen and oxygen atoms in total. The Morgan fingerprint density at radius 3 is 2.59 bits per heavy atom. The van der Waals surface area contributed by atoms with Gasteiger partial charge in [-0.3, -0.25) is 4.98 Å². The minimum Gasteiger partial charge on any atom is -0.455 e. The number of rotatable bonds is 3. The van der Waals surface area contributed by atoms with Crippen molar-refractivity contribution in [2.24, 2.45) is 7.05 Å². The molecule has 0 aliphatic carbocycles. The number of nitrogens with zero attached hydrogens (tertiary/aromatic N) is 3. The van der Waals surface area contributed by atoms with E-state index >= 15 is 0 Å². The maximum Gasteiger partial charge on any atom is 0.359 e. The molecule has 2 heterocycles. The van der Waals surface area contributed by atoms with E-state index in [0.29, 0.717) is 11.4 Å². The van der Waals surface area contributed by atoms with Crippen LogP contribution in [0.3, 0.4) is 0 Å². The first kappa shape index (κ1) is 16.1. The molecule has 118 valence electrons. The van der Waals surface area contributed by atoms with Gasteiger partial charge in [0.1, 0.15) is 11.4 Å². The number of aromatic nitrogens is 3. The zero-order valence-corrected chi connectivity index (χ0v) is 12.8. The fourth-order valence-electron chi connectivity index (χ4n) is 1.86. The first-order valence-electron chi connectivity index (χ1n) is 6.67. The lowest BCUT2D eigenvalue weighted by molar-refractivity contribution is 0.00633. The lowest BCUT2D eigenvalue weighted by Gasteiger charge is -2.18. The Morgan fingerprint density at radius 1 is 1.32 bits per heavy atom. The van der Waals surface area contributed by atoms with Crippen molar-refractivity contribution in [3.63, 3.8) is 0 Å². The van der Waals surface area contributed by atoms with Crippen molar-refractivity contribution in [2.75, 3.05) is 0 Å². The van der Waals surface area contributed by atoms with Gasteiger partial charge in [0.25, 0.3) is 6.43 Å². The number of halogens is 2. The maximum absolute atomic E-state index is 12.7. The van der Waals surface area contributed by atoms with Gasteiger partial charge >= 0.3 is 5.97 Å². The molecule has 0 unspecified atom stereocenters. The Labute approximate surface area is 127 Å². The summed E-state index contributed by atoms with van der Waals surface area (Å²) in [6.45, 7) is 5.26. The van der Waals surface area contributed by atoms with Gasteiger partial charge in [0, 0.05) is 36.8 Å². The lowest BCUT2D eigenvalue weighted by atomic mass is 10.2. The molecule has 7 heteroatoms. The third-order valence-electron chi connectivity index (χ3n) is 2.75. The largest absolute Gasteiger partial charge is 0.455 e. The van der Waals surface area contributed by atoms with Gasteiger partial charge in [-0.2, -0.15) is 0 Å². The highest BCUT2D eigenvalue weighted by Crippen LogP contribution is 2.24. The topological polar surface area (TPSA) is 57.0 Å². The Bertz CT molecular complexity index is 690. The SMILES string of the molecule is Cn1cc(C(=O)OC(C)(C)C)nc1-c1cncc(C(F)F)c1. The van der Waals surface area contributed by atoms with E-state index in [0.717, 1.165) is 6.20 Å². The Morgan fingerprint density at radius 2 is 2.00 bits per heavy atom. The van der Waals surface area contributed by atoms with Crippen LogP contribution in [0, 0.1) is 0 Å². The molecule has 0 aromatic carbocycles. The number of carbonyl (C=O) groups excluding carboxylic acids is 1. The molecule has 0 atom stereocenters. The third kappa shape index (κ3) is 3.66. The van der Waals surface area contributed by atoms with Crippen LogP contribution in [-0.4, -0.2) is 26.1 Å². The molecule has 0 aliphatic rings. The number of aryl methyl sites for hydroxylation is 1. The van der Waals surface area contributed by atoms with Gasteiger partial charge in [0.15, 0.2) is 5.69 Å². The standard InChI is InChI=1S/C15H17F2N3O2/c1-15(2,3)22-14(21)11-8-20(4)13(19-11)10-5-9(12(16)17)6-18-7-10/h5-8,12H,1-4H3. The van der Waals surface area contributed by atoms with Gasteiger partial charge in [-0.25, -0.2) is 18.6 Å². The van der Waals surface area contributed by atoms with Crippen LogP contribution in [0.1, 0.15) is 43.2 Å². The number of alkyl halides is 2. The second kappa shape index (κ2) is 5.82. The third-order valence-corrected chi connectivity index (χ3v) is 2.75. The van der Waals surface area contributed by atoms with Gasteiger partial charge in [-0.1, -0.05) is 0 Å². The predicted octanol–water partition coefficient (Wildman–Crippen LogP) is 3.38. The zero-order chi connectivity index (χ0) is 16.5. The molecule has 0 spiro atoms. The van der Waals surface area contributed by atoms with Crippen LogP contribution >= 0.6 is 0 Å². The van der Waals surface area contributed by atoms with Crippen molar-refractivity contribution in [2.45, 2.75) is 32.8 Å². The van der Waals surface area contributed by atoms with E-state index in [4.69, 9.17) is 4.74 Å². The van der Waals surface area contributed by atoms with Crippen LogP contribution in [-0.2, 0) is 11.8 Å². The minimum atomic E-state index is -2.61. The van der Waals surface area contributed by atoms with Crippen LogP contribution in [0.4, 0.5) is 8.78 Å². The van der Waals surface area contributed by atoms with Crippen molar-refractivity contribution in [3.8, 4) is 11.4 Å². The Kier molecular flexibility index (Phi) is 4.25. The average Bonchev–Trinajstić information content (AvgIpc) is 2.79. The van der Waals surface area contributed by atoms with Gasteiger partial charge in [-0.05, 0) is 26.8 Å². The summed E-state index contributed by atoms with van der Waals surface area (Å²) >= 11 is 0. The fraction of sp³-hybridized carbons (Fsp3) is 0.400. The van der Waals surface area contributed by atoms with E-state index < -0.39 is 18.0 Å². The zero-order valence-electron chi connectivity index (χ0n) is 12.8. The average molecular weight is 309 g/mol. The van der Waals surface area contributed by atoms with Gasteiger partial charge in [0.2, 0.25) is 0 Å². The maximum atomic E-state index is 12.7. The van der Waals surface area contributed by atoms with Crippen molar-refractivity contribution < 1.29 is 18.3 Å². The van der Waals surface area contributed by atoms with Crippen LogP contribution in [0.25, 0.3) is 11.4 Å². The minimum absolute atomic E-state index is 0.120. The normalized spacial score (nSPS) is 11.8. The number of carbonyl (C=O) groups is 1. The molecule has 0 bridgehead atoms. The van der Waals surface area contributed by atoms with E-state index in [9.17, 15) is 13.6 Å². The number of ether oxygens (including phenoxy) is 1. The molecule has 2 aromatic rings. The predicted molar refractivity (Wildman–Crippen MR) is 76.6 cm³/mol. The molecule has 0 aliphatic heterocycles. The van der Waals surface area contributed by atoms with Crippen molar-refractivity contribution in [3.05, 3.63) is 35.9 Å². The first-order valence-corrected chi connectivity index (χ1v) is 6.67. The van der Waals surface area contributed by atoms with Crippen LogP contribution in [0.5, 0.6) is 0 Å². The second-order valence-electron chi connectivity index (χ2n) is 5.87. The van der Waals surface area contributed by atoms with Crippen LogP contribution in [0.15, 0.2) is 24.7 Å². The monoisotopic (exact) mass is 309 g/mol. The summed E-state index contributed by atoms with van der Waals surface area (Å²) in [5.74, 6) is -0.191. The van der Waals surface area contributed by atoms with E-state index in [-0.39, 0.29) is 11.3 Å². The van der Waals surface area contributed by atoms with Crippen molar-refractivity contribution in [1.82, 2.24) is 14.5 Å². The number of hydrogen-bond donors (Lipinski definition) is 0. The summed E-state index contributed by atoms with van der Waals surface area (Å²) in [6.07, 6.45) is 1.41. The van der Waals surface area contributed by atoms with Crippen LogP contribution < -0.4 is 0 Å². The highest BCUT2D eigenvalue weighted by atomic mass is 19.3. The van der Waals surface area contributed by atoms with E-state index in [1.54, 1.807) is 32.4 Å². The smallest absolute Gasteiger partial charge is 0.359 e. The van der Waals surface area contributed by atoms with Crippen LogP contribution in [0.2, 0.25) is 0 Å². The number of imidazole rings is 1. The quantitative estimate of drug-likeness (QED) is 0.816. The summed E-state index contributed by atoms with van der Waals surface area (Å²) in [5, 5.41) is 0. The van der Waals surface area contributed by atoms with Gasteiger partial charge in [0.05, 0.1) is 0 Å². The summed E-state index contributed by atoms with van der Waals surface area (Å²) < 4.78 is 32.3. The lowest BCUT2D eigenvalue weighted by Crippen LogP contribution is -2.24. The van der Waals surface area contributed by atoms with E-state index in [1.807, 2.05) is 0 Å². The summed E-state index contributed by atoms with van der Waals surface area (Å²) in [5.41, 5.74) is -0.296. The fourth-order valence-corrected chi connectivity index (χ4v) is 1.86. The summed E-state index contributed by atoms with van der Waals surface area (Å²) in [6, 6.07) is 1.30. The number of pyridine rings is 1. The molecular weight excluding hydrogens is 292 g/mol. The molecule has 0 amide bonds. The molecule has 22 heavy (non-hydrogen) atoms. The van der Waals surface area contributed by atoms with Crippen molar-refractivity contribution >= 4 is 5.97 Å². The molecule has 0 radical (unpaired) electrons.